The van der Waals surface area contributed by atoms with Crippen LogP contribution in [0.1, 0.15) is 32.4 Å². The van der Waals surface area contributed by atoms with Crippen molar-refractivity contribution in [3.63, 3.8) is 0 Å². The van der Waals surface area contributed by atoms with Gasteiger partial charge in [-0.2, -0.15) is 0 Å². The van der Waals surface area contributed by atoms with Gasteiger partial charge in [0.25, 0.3) is 0 Å². The van der Waals surface area contributed by atoms with Gasteiger partial charge in [0.15, 0.2) is 11.5 Å². The Bertz CT molecular complexity index is 1350. The Labute approximate surface area is 190 Å². The molecule has 2 aliphatic rings. The van der Waals surface area contributed by atoms with Crippen molar-refractivity contribution in [1.82, 2.24) is 0 Å². The van der Waals surface area contributed by atoms with E-state index in [9.17, 15) is 13.2 Å². The molecule has 168 valence electrons. The van der Waals surface area contributed by atoms with Crippen LogP contribution in [-0.2, 0) is 26.7 Å². The third kappa shape index (κ3) is 3.67. The highest BCUT2D eigenvalue weighted by Crippen LogP contribution is 2.51. The summed E-state index contributed by atoms with van der Waals surface area (Å²) in [5.74, 6) is 1.58. The number of primary sulfonamides is 1. The lowest BCUT2D eigenvalue weighted by atomic mass is 9.86. The molecule has 1 aliphatic heterocycles. The van der Waals surface area contributed by atoms with Crippen LogP contribution in [0.25, 0.3) is 11.1 Å². The summed E-state index contributed by atoms with van der Waals surface area (Å²) in [5.41, 5.74) is 4.03. The summed E-state index contributed by atoms with van der Waals surface area (Å²) in [7, 11) is -3.79. The molecule has 1 aliphatic carbocycles. The van der Waals surface area contributed by atoms with Crippen molar-refractivity contribution in [1.29, 1.82) is 0 Å². The standard InChI is InChI=1S/C25H23NO5S.2H2/c1-16-5-6-18(17-3-2-4-21(12-17)32(26,28)29)11-19(16)13-24(27)25(9-10-25)20-7-8-22-23(14-20)31-15-30-22;;/h2-8,11-12,14H,9-10,13,15H2,1H3,(H2,26,28,29);2*1H. The van der Waals surface area contributed by atoms with Crippen LogP contribution in [0.5, 0.6) is 11.5 Å². The van der Waals surface area contributed by atoms with Gasteiger partial charge < -0.3 is 9.47 Å². The highest BCUT2D eigenvalue weighted by atomic mass is 32.2. The number of benzene rings is 3. The molecular weight excluding hydrogens is 426 g/mol. The molecule has 0 saturated heterocycles. The van der Waals surface area contributed by atoms with Crippen LogP contribution < -0.4 is 14.6 Å². The molecule has 7 heteroatoms. The number of nitrogens with two attached hydrogens (primary N) is 1. The molecule has 0 unspecified atom stereocenters. The van der Waals surface area contributed by atoms with E-state index in [1.165, 1.54) is 6.07 Å². The summed E-state index contributed by atoms with van der Waals surface area (Å²) >= 11 is 0. The van der Waals surface area contributed by atoms with Crippen LogP contribution in [0, 0.1) is 6.92 Å². The van der Waals surface area contributed by atoms with E-state index in [1.54, 1.807) is 12.1 Å². The number of hydrogen-bond acceptors (Lipinski definition) is 5. The molecule has 0 radical (unpaired) electrons. The number of rotatable bonds is 6. The molecule has 1 heterocycles. The third-order valence-corrected chi connectivity index (χ3v) is 7.32. The number of aryl methyl sites for hydroxylation is 1. The van der Waals surface area contributed by atoms with Crippen LogP contribution in [0.3, 0.4) is 0 Å². The maximum Gasteiger partial charge on any atom is 0.238 e. The molecular formula is C25H27NO5S. The number of hydrogen-bond donors (Lipinski definition) is 1. The van der Waals surface area contributed by atoms with E-state index < -0.39 is 15.4 Å². The number of ether oxygens (including phenoxy) is 2. The van der Waals surface area contributed by atoms with E-state index in [1.807, 2.05) is 49.4 Å². The van der Waals surface area contributed by atoms with Gasteiger partial charge in [0.05, 0.1) is 10.3 Å². The number of Topliss-reactive ketones (excluding diaryl/α,β-unsaturated/α-hetero) is 1. The predicted molar refractivity (Wildman–Crippen MR) is 124 cm³/mol. The third-order valence-electron chi connectivity index (χ3n) is 6.40. The molecule has 0 aromatic heterocycles. The number of carbonyl (C=O) groups is 1. The normalized spacial score (nSPS) is 16.1. The molecule has 3 aromatic carbocycles. The SMILES string of the molecule is Cc1ccc(-c2cccc(S(N)(=O)=O)c2)cc1CC(=O)C1(c2ccc3c(c2)OCO3)CC1.[HH].[HH]. The minimum atomic E-state index is -3.79. The molecule has 3 aromatic rings. The first kappa shape index (κ1) is 20.7. The van der Waals surface area contributed by atoms with Gasteiger partial charge in [0, 0.05) is 9.27 Å². The monoisotopic (exact) mass is 453 g/mol. The van der Waals surface area contributed by atoms with Gasteiger partial charge in [-0.25, -0.2) is 13.6 Å². The summed E-state index contributed by atoms with van der Waals surface area (Å²) in [5, 5.41) is 5.28. The van der Waals surface area contributed by atoms with Crippen LogP contribution in [-0.4, -0.2) is 21.0 Å². The average Bonchev–Trinajstić information content (AvgIpc) is 3.45. The first-order valence-electron chi connectivity index (χ1n) is 10.4. The van der Waals surface area contributed by atoms with Crippen LogP contribution in [0.15, 0.2) is 65.6 Å². The quantitative estimate of drug-likeness (QED) is 0.598. The number of fused-ring (bicyclic) bond motifs is 1. The largest absolute Gasteiger partial charge is 0.454 e. The van der Waals surface area contributed by atoms with Crippen molar-refractivity contribution in [3.8, 4) is 22.6 Å². The molecule has 1 fully saturated rings. The average molecular weight is 454 g/mol. The van der Waals surface area contributed by atoms with Crippen molar-refractivity contribution < 1.29 is 25.5 Å². The van der Waals surface area contributed by atoms with E-state index >= 15 is 0 Å². The Hall–Kier alpha value is -3.16. The van der Waals surface area contributed by atoms with E-state index in [2.05, 4.69) is 0 Å². The van der Waals surface area contributed by atoms with Crippen molar-refractivity contribution in [2.75, 3.05) is 6.79 Å². The fourth-order valence-electron chi connectivity index (χ4n) is 4.28. The molecule has 0 bridgehead atoms. The zero-order valence-corrected chi connectivity index (χ0v) is 18.4. The van der Waals surface area contributed by atoms with E-state index in [4.69, 9.17) is 14.6 Å². The molecule has 0 atom stereocenters. The molecule has 5 rings (SSSR count). The van der Waals surface area contributed by atoms with Gasteiger partial charge in [0.1, 0.15) is 5.78 Å². The Kier molecular flexibility index (Phi) is 4.83. The predicted octanol–water partition coefficient (Wildman–Crippen LogP) is 4.37. The highest BCUT2D eigenvalue weighted by Gasteiger charge is 2.50. The van der Waals surface area contributed by atoms with Gasteiger partial charge in [-0.15, -0.1) is 0 Å². The number of sulfonamides is 1. The fraction of sp³-hybridized carbons (Fsp3) is 0.240. The lowest BCUT2D eigenvalue weighted by Crippen LogP contribution is -2.22. The summed E-state index contributed by atoms with van der Waals surface area (Å²) in [4.78, 5) is 13.5. The molecule has 0 amide bonds. The smallest absolute Gasteiger partial charge is 0.238 e. The molecule has 0 spiro atoms. The second-order valence-corrected chi connectivity index (χ2v) is 10.0. The van der Waals surface area contributed by atoms with Crippen molar-refractivity contribution >= 4 is 15.8 Å². The highest BCUT2D eigenvalue weighted by molar-refractivity contribution is 7.89. The summed E-state index contributed by atoms with van der Waals surface area (Å²) in [6.45, 7) is 2.19. The van der Waals surface area contributed by atoms with E-state index in [0.29, 0.717) is 17.9 Å². The van der Waals surface area contributed by atoms with Gasteiger partial charge in [0.2, 0.25) is 16.8 Å². The first-order valence-corrected chi connectivity index (χ1v) is 12.0. The molecule has 32 heavy (non-hydrogen) atoms. The zero-order chi connectivity index (χ0) is 22.5. The zero-order valence-electron chi connectivity index (χ0n) is 17.6. The maximum absolute atomic E-state index is 13.4. The number of ketones is 1. The first-order chi connectivity index (χ1) is 15.3. The minimum Gasteiger partial charge on any atom is -0.454 e. The van der Waals surface area contributed by atoms with Gasteiger partial charge in [-0.1, -0.05) is 36.4 Å². The summed E-state index contributed by atoms with van der Waals surface area (Å²) < 4.78 is 34.3. The second-order valence-electron chi connectivity index (χ2n) is 8.46. The Balaban J connectivity index is 0.00000162. The molecule has 6 nitrogen and oxygen atoms in total. The minimum absolute atomic E-state index is 0. The van der Waals surface area contributed by atoms with E-state index in [-0.39, 0.29) is 20.3 Å². The van der Waals surface area contributed by atoms with Crippen molar-refractivity contribution in [3.05, 3.63) is 77.4 Å². The summed E-state index contributed by atoms with van der Waals surface area (Å²) in [6, 6.07) is 18.1. The Morgan fingerprint density at radius 3 is 2.50 bits per heavy atom. The topological polar surface area (TPSA) is 95.7 Å². The van der Waals surface area contributed by atoms with Gasteiger partial charge >= 0.3 is 0 Å². The fourth-order valence-corrected chi connectivity index (χ4v) is 4.84. The van der Waals surface area contributed by atoms with Gasteiger partial charge in [-0.3, -0.25) is 4.79 Å². The number of carbonyl (C=O) groups excluding carboxylic acids is 1. The molecule has 2 N–H and O–H groups in total. The Morgan fingerprint density at radius 2 is 1.75 bits per heavy atom. The Morgan fingerprint density at radius 1 is 1.00 bits per heavy atom. The van der Waals surface area contributed by atoms with Crippen LogP contribution >= 0.6 is 0 Å². The maximum atomic E-state index is 13.4. The van der Waals surface area contributed by atoms with Crippen molar-refractivity contribution in [2.45, 2.75) is 36.5 Å². The second kappa shape index (κ2) is 7.46. The lowest BCUT2D eigenvalue weighted by molar-refractivity contribution is -0.120. The van der Waals surface area contributed by atoms with Crippen LogP contribution in [0.4, 0.5) is 0 Å². The lowest BCUT2D eigenvalue weighted by Gasteiger charge is -2.17. The van der Waals surface area contributed by atoms with Crippen molar-refractivity contribution in [2.24, 2.45) is 5.14 Å². The van der Waals surface area contributed by atoms with Gasteiger partial charge in [-0.05, 0) is 71.8 Å². The van der Waals surface area contributed by atoms with E-state index in [0.717, 1.165) is 40.7 Å². The summed E-state index contributed by atoms with van der Waals surface area (Å²) in [6.07, 6.45) is 1.95. The van der Waals surface area contributed by atoms with Crippen LogP contribution in [0.2, 0.25) is 0 Å². The molecule has 1 saturated carbocycles.